The first-order valence-electron chi connectivity index (χ1n) is 9.34. The maximum absolute atomic E-state index is 11.9. The van der Waals surface area contributed by atoms with E-state index in [9.17, 15) is 24.5 Å². The summed E-state index contributed by atoms with van der Waals surface area (Å²) in [7, 11) is 0. The maximum Gasteiger partial charge on any atom is 0.308 e. The van der Waals surface area contributed by atoms with Crippen LogP contribution in [0.3, 0.4) is 0 Å². The van der Waals surface area contributed by atoms with E-state index in [1.54, 1.807) is 0 Å². The molecule has 0 heterocycles. The molecule has 2 rings (SSSR count). The zero-order valence-corrected chi connectivity index (χ0v) is 15.8. The van der Waals surface area contributed by atoms with Gasteiger partial charge in [0, 0.05) is 30.3 Å². The smallest absolute Gasteiger partial charge is 0.308 e. The van der Waals surface area contributed by atoms with Crippen LogP contribution >= 0.6 is 0 Å². The summed E-state index contributed by atoms with van der Waals surface area (Å²) in [5.41, 5.74) is 0.140. The molecule has 9 nitrogen and oxygen atoms in total. The molecule has 9 heteroatoms. The lowest BCUT2D eigenvalue weighted by Gasteiger charge is -2.29. The van der Waals surface area contributed by atoms with E-state index in [0.29, 0.717) is 5.92 Å². The number of ether oxygens (including phenoxy) is 1. The lowest BCUT2D eigenvalue weighted by atomic mass is 9.86. The monoisotopic (exact) mass is 391 g/mol. The number of benzene rings is 1. The standard InChI is InChI=1S/C19H25N3O6/c1-13-4-2-3-5-16(13)21-17(23)12-28-18(24)10-11-20-19(25)14-6-8-15(9-7-14)22(26)27/h6-9,13,16H,2-5,10-12H2,1H3,(H,20,25)(H,21,23)/t13-,16+/m1/s1. The van der Waals surface area contributed by atoms with E-state index in [4.69, 9.17) is 4.74 Å². The first-order chi connectivity index (χ1) is 13.4. The van der Waals surface area contributed by atoms with Crippen LogP contribution in [0, 0.1) is 16.0 Å². The van der Waals surface area contributed by atoms with E-state index in [1.807, 2.05) is 0 Å². The summed E-state index contributed by atoms with van der Waals surface area (Å²) in [5, 5.41) is 16.0. The van der Waals surface area contributed by atoms with Gasteiger partial charge in [-0.05, 0) is 30.9 Å². The predicted octanol–water partition coefficient (Wildman–Crippen LogP) is 1.95. The van der Waals surface area contributed by atoms with Crippen molar-refractivity contribution in [2.75, 3.05) is 13.2 Å². The fourth-order valence-corrected chi connectivity index (χ4v) is 3.11. The van der Waals surface area contributed by atoms with E-state index in [0.717, 1.165) is 19.3 Å². The highest BCUT2D eigenvalue weighted by Gasteiger charge is 2.23. The molecule has 0 aromatic heterocycles. The van der Waals surface area contributed by atoms with Gasteiger partial charge in [0.25, 0.3) is 17.5 Å². The van der Waals surface area contributed by atoms with Gasteiger partial charge >= 0.3 is 5.97 Å². The third-order valence-corrected chi connectivity index (χ3v) is 4.78. The topological polar surface area (TPSA) is 128 Å². The third-order valence-electron chi connectivity index (χ3n) is 4.78. The Balaban J connectivity index is 1.64. The fourth-order valence-electron chi connectivity index (χ4n) is 3.11. The molecule has 2 atom stereocenters. The molecule has 1 aromatic carbocycles. The number of amides is 2. The summed E-state index contributed by atoms with van der Waals surface area (Å²) in [6.45, 7) is 1.80. The van der Waals surface area contributed by atoms with Crippen molar-refractivity contribution < 1.29 is 24.0 Å². The van der Waals surface area contributed by atoms with Crippen molar-refractivity contribution >= 4 is 23.5 Å². The number of nitrogens with one attached hydrogen (secondary N) is 2. The number of hydrogen-bond donors (Lipinski definition) is 2. The van der Waals surface area contributed by atoms with Gasteiger partial charge in [0.1, 0.15) is 0 Å². The number of hydrogen-bond acceptors (Lipinski definition) is 6. The van der Waals surface area contributed by atoms with Gasteiger partial charge in [0.05, 0.1) is 11.3 Å². The Morgan fingerprint density at radius 3 is 2.50 bits per heavy atom. The summed E-state index contributed by atoms with van der Waals surface area (Å²) < 4.78 is 4.93. The van der Waals surface area contributed by atoms with Crippen molar-refractivity contribution in [3.8, 4) is 0 Å². The normalized spacial score (nSPS) is 18.8. The lowest BCUT2D eigenvalue weighted by molar-refractivity contribution is -0.384. The van der Waals surface area contributed by atoms with Crippen LogP contribution in [0.15, 0.2) is 24.3 Å². The van der Waals surface area contributed by atoms with Crippen molar-refractivity contribution in [3.63, 3.8) is 0 Å². The van der Waals surface area contributed by atoms with Crippen LogP contribution in [0.1, 0.15) is 49.4 Å². The average molecular weight is 391 g/mol. The highest BCUT2D eigenvalue weighted by atomic mass is 16.6. The second kappa shape index (κ2) is 10.4. The van der Waals surface area contributed by atoms with Crippen LogP contribution in [0.4, 0.5) is 5.69 Å². The summed E-state index contributed by atoms with van der Waals surface area (Å²) >= 11 is 0. The van der Waals surface area contributed by atoms with Gasteiger partial charge in [-0.3, -0.25) is 24.5 Å². The number of carbonyl (C=O) groups excluding carboxylic acids is 3. The van der Waals surface area contributed by atoms with Gasteiger partial charge in [-0.25, -0.2) is 0 Å². The molecule has 28 heavy (non-hydrogen) atoms. The summed E-state index contributed by atoms with van der Waals surface area (Å²) in [4.78, 5) is 45.6. The minimum absolute atomic E-state index is 0.0376. The minimum atomic E-state index is -0.587. The first-order valence-corrected chi connectivity index (χ1v) is 9.34. The van der Waals surface area contributed by atoms with Gasteiger partial charge in [-0.1, -0.05) is 19.8 Å². The van der Waals surface area contributed by atoms with Crippen molar-refractivity contribution in [1.29, 1.82) is 0 Å². The van der Waals surface area contributed by atoms with Crippen molar-refractivity contribution in [2.24, 2.45) is 5.92 Å². The zero-order valence-electron chi connectivity index (χ0n) is 15.8. The predicted molar refractivity (Wildman–Crippen MR) is 101 cm³/mol. The molecule has 0 unspecified atom stereocenters. The Labute approximate surface area is 163 Å². The van der Waals surface area contributed by atoms with E-state index < -0.39 is 16.8 Å². The number of rotatable bonds is 8. The van der Waals surface area contributed by atoms with E-state index in [-0.39, 0.29) is 42.8 Å². The van der Waals surface area contributed by atoms with Crippen LogP contribution in [0.5, 0.6) is 0 Å². The largest absolute Gasteiger partial charge is 0.456 e. The molecule has 0 radical (unpaired) electrons. The van der Waals surface area contributed by atoms with Crippen molar-refractivity contribution in [3.05, 3.63) is 39.9 Å². The number of esters is 1. The van der Waals surface area contributed by atoms with Gasteiger partial charge < -0.3 is 15.4 Å². The van der Waals surface area contributed by atoms with Gasteiger partial charge in [-0.15, -0.1) is 0 Å². The van der Waals surface area contributed by atoms with Crippen LogP contribution in [0.25, 0.3) is 0 Å². The van der Waals surface area contributed by atoms with E-state index in [2.05, 4.69) is 17.6 Å². The highest BCUT2D eigenvalue weighted by Crippen LogP contribution is 2.23. The molecule has 0 aliphatic heterocycles. The Bertz CT molecular complexity index is 719. The molecule has 2 N–H and O–H groups in total. The Morgan fingerprint density at radius 1 is 1.18 bits per heavy atom. The molecule has 1 aromatic rings. The third kappa shape index (κ3) is 6.64. The van der Waals surface area contributed by atoms with Crippen LogP contribution < -0.4 is 10.6 Å². The molecule has 1 aliphatic carbocycles. The quantitative estimate of drug-likeness (QED) is 0.396. The van der Waals surface area contributed by atoms with Gasteiger partial charge in [-0.2, -0.15) is 0 Å². The number of carbonyl (C=O) groups is 3. The second-order valence-electron chi connectivity index (χ2n) is 6.91. The molecule has 1 fully saturated rings. The minimum Gasteiger partial charge on any atom is -0.456 e. The van der Waals surface area contributed by atoms with Gasteiger partial charge in [0.2, 0.25) is 0 Å². The molecule has 0 spiro atoms. The molecular formula is C19H25N3O6. The number of nitro benzene ring substituents is 1. The SMILES string of the molecule is C[C@@H]1CCCC[C@@H]1NC(=O)COC(=O)CCNC(=O)c1ccc([N+](=O)[O-])cc1. The molecule has 1 aliphatic rings. The zero-order chi connectivity index (χ0) is 20.5. The molecule has 2 amide bonds. The van der Waals surface area contributed by atoms with Crippen LogP contribution in [-0.4, -0.2) is 41.9 Å². The Morgan fingerprint density at radius 2 is 1.86 bits per heavy atom. The maximum atomic E-state index is 11.9. The van der Waals surface area contributed by atoms with Crippen LogP contribution in [0.2, 0.25) is 0 Å². The lowest BCUT2D eigenvalue weighted by Crippen LogP contribution is -2.43. The highest BCUT2D eigenvalue weighted by molar-refractivity contribution is 5.94. The fraction of sp³-hybridized carbons (Fsp3) is 0.526. The van der Waals surface area contributed by atoms with Crippen molar-refractivity contribution in [1.82, 2.24) is 10.6 Å². The summed E-state index contributed by atoms with van der Waals surface area (Å²) in [6, 6.07) is 5.26. The Kier molecular flexibility index (Phi) is 7.91. The van der Waals surface area contributed by atoms with Crippen molar-refractivity contribution in [2.45, 2.75) is 45.1 Å². The number of nitro groups is 1. The molecule has 152 valence electrons. The number of nitrogens with zero attached hydrogens (tertiary/aromatic N) is 1. The second-order valence-corrected chi connectivity index (χ2v) is 6.91. The summed E-state index contributed by atoms with van der Waals surface area (Å²) in [6.07, 6.45) is 4.21. The summed E-state index contributed by atoms with van der Waals surface area (Å²) in [5.74, 6) is -0.937. The molecule has 0 bridgehead atoms. The molecule has 0 saturated heterocycles. The van der Waals surface area contributed by atoms with E-state index in [1.165, 1.54) is 30.7 Å². The van der Waals surface area contributed by atoms with Gasteiger partial charge in [0.15, 0.2) is 6.61 Å². The van der Waals surface area contributed by atoms with E-state index >= 15 is 0 Å². The molecular weight excluding hydrogens is 366 g/mol. The van der Waals surface area contributed by atoms with Crippen LogP contribution in [-0.2, 0) is 14.3 Å². The molecule has 1 saturated carbocycles. The first kappa shape index (κ1) is 21.3. The average Bonchev–Trinajstić information content (AvgIpc) is 2.68. The Hall–Kier alpha value is -2.97. The number of non-ortho nitro benzene ring substituents is 1.